The fourth-order valence-corrected chi connectivity index (χ4v) is 1.12. The lowest BCUT2D eigenvalue weighted by molar-refractivity contribution is 0.249. The summed E-state index contributed by atoms with van der Waals surface area (Å²) in [6.07, 6.45) is 0.589. The first-order chi connectivity index (χ1) is 7.58. The highest BCUT2D eigenvalue weighted by Crippen LogP contribution is 2.02. The maximum absolute atomic E-state index is 12.6. The molecule has 0 bridgehead atoms. The smallest absolute Gasteiger partial charge is 0.344 e. The Balaban J connectivity index is 2.33. The molecule has 1 aromatic carbocycles. The van der Waals surface area contributed by atoms with Gasteiger partial charge in [-0.1, -0.05) is 12.1 Å². The van der Waals surface area contributed by atoms with Gasteiger partial charge in [-0.05, 0) is 24.1 Å². The van der Waals surface area contributed by atoms with Crippen LogP contribution >= 0.6 is 0 Å². The number of hydrogen-bond donors (Lipinski definition) is 3. The molecule has 0 saturated carbocycles. The largest absolute Gasteiger partial charge is 0.370 e. The maximum atomic E-state index is 12.6. The predicted molar refractivity (Wildman–Crippen MR) is 59.3 cm³/mol. The van der Waals surface area contributed by atoms with Crippen molar-refractivity contribution < 1.29 is 9.18 Å². The minimum absolute atomic E-state index is 0.278. The SMILES string of the molecule is NC(N)=NC(=O)NCCc1ccc(F)cc1. The van der Waals surface area contributed by atoms with Gasteiger partial charge in [-0.25, -0.2) is 9.18 Å². The van der Waals surface area contributed by atoms with Crippen molar-refractivity contribution in [2.24, 2.45) is 16.5 Å². The van der Waals surface area contributed by atoms with E-state index in [1.807, 2.05) is 0 Å². The van der Waals surface area contributed by atoms with Crippen LogP contribution in [-0.4, -0.2) is 18.5 Å². The average Bonchev–Trinajstić information content (AvgIpc) is 2.20. The van der Waals surface area contributed by atoms with Crippen LogP contribution < -0.4 is 16.8 Å². The molecule has 2 amide bonds. The summed E-state index contributed by atoms with van der Waals surface area (Å²) in [4.78, 5) is 14.3. The minimum Gasteiger partial charge on any atom is -0.370 e. The first-order valence-corrected chi connectivity index (χ1v) is 4.70. The van der Waals surface area contributed by atoms with Crippen LogP contribution in [0.1, 0.15) is 5.56 Å². The first-order valence-electron chi connectivity index (χ1n) is 4.70. The molecule has 0 atom stereocenters. The minimum atomic E-state index is -0.581. The van der Waals surface area contributed by atoms with Gasteiger partial charge in [-0.15, -0.1) is 0 Å². The van der Waals surface area contributed by atoms with E-state index >= 15 is 0 Å². The van der Waals surface area contributed by atoms with E-state index in [1.54, 1.807) is 12.1 Å². The van der Waals surface area contributed by atoms with Crippen LogP contribution in [-0.2, 0) is 6.42 Å². The highest BCUT2D eigenvalue weighted by molar-refractivity contribution is 5.90. The molecule has 6 heteroatoms. The van der Waals surface area contributed by atoms with Crippen LogP contribution in [0.15, 0.2) is 29.3 Å². The first kappa shape index (κ1) is 12.0. The van der Waals surface area contributed by atoms with Crippen molar-refractivity contribution in [3.63, 3.8) is 0 Å². The van der Waals surface area contributed by atoms with Gasteiger partial charge in [0.05, 0.1) is 0 Å². The Hall–Kier alpha value is -2.11. The van der Waals surface area contributed by atoms with Gasteiger partial charge in [0.25, 0.3) is 0 Å². The van der Waals surface area contributed by atoms with Crippen LogP contribution in [0.3, 0.4) is 0 Å². The number of nitrogens with zero attached hydrogens (tertiary/aromatic N) is 1. The van der Waals surface area contributed by atoms with Crippen molar-refractivity contribution >= 4 is 12.0 Å². The summed E-state index contributed by atoms with van der Waals surface area (Å²) in [5.41, 5.74) is 11.0. The van der Waals surface area contributed by atoms with E-state index in [-0.39, 0.29) is 11.8 Å². The molecule has 0 unspecified atom stereocenters. The molecule has 5 nitrogen and oxygen atoms in total. The molecule has 86 valence electrons. The number of aliphatic imine (C=N–C) groups is 1. The summed E-state index contributed by atoms with van der Waals surface area (Å²) in [7, 11) is 0. The van der Waals surface area contributed by atoms with Crippen LogP contribution in [0.2, 0.25) is 0 Å². The molecular weight excluding hydrogens is 211 g/mol. The van der Waals surface area contributed by atoms with E-state index in [0.29, 0.717) is 13.0 Å². The van der Waals surface area contributed by atoms with Crippen LogP contribution in [0.25, 0.3) is 0 Å². The number of benzene rings is 1. The van der Waals surface area contributed by atoms with Crippen molar-refractivity contribution in [2.75, 3.05) is 6.54 Å². The zero-order valence-electron chi connectivity index (χ0n) is 8.61. The van der Waals surface area contributed by atoms with E-state index in [9.17, 15) is 9.18 Å². The molecule has 1 aromatic rings. The second kappa shape index (κ2) is 5.69. The third kappa shape index (κ3) is 4.41. The lowest BCUT2D eigenvalue weighted by atomic mass is 10.1. The summed E-state index contributed by atoms with van der Waals surface area (Å²) < 4.78 is 12.6. The molecule has 0 aliphatic rings. The summed E-state index contributed by atoms with van der Waals surface area (Å²) in [6, 6.07) is 5.46. The Kier molecular flexibility index (Phi) is 4.26. The summed E-state index contributed by atoms with van der Waals surface area (Å²) >= 11 is 0. The standard InChI is InChI=1S/C10H13FN4O/c11-8-3-1-7(2-4-8)5-6-14-10(16)15-9(12)13/h1-4H,5-6H2,(H5,12,13,14,15,16). The van der Waals surface area contributed by atoms with Gasteiger partial charge < -0.3 is 16.8 Å². The Morgan fingerprint density at radius 1 is 1.31 bits per heavy atom. The van der Waals surface area contributed by atoms with Gasteiger partial charge >= 0.3 is 6.03 Å². The third-order valence-corrected chi connectivity index (χ3v) is 1.83. The fourth-order valence-electron chi connectivity index (χ4n) is 1.12. The molecule has 0 aromatic heterocycles. The number of hydrogen-bond acceptors (Lipinski definition) is 1. The van der Waals surface area contributed by atoms with Gasteiger partial charge in [0.15, 0.2) is 5.96 Å². The number of nitrogens with one attached hydrogen (secondary N) is 1. The number of carbonyl (C=O) groups excluding carboxylic acids is 1. The normalized spacial score (nSPS) is 9.56. The molecule has 1 rings (SSSR count). The summed E-state index contributed by atoms with van der Waals surface area (Å²) in [5, 5.41) is 2.50. The van der Waals surface area contributed by atoms with Crippen molar-refractivity contribution in [1.29, 1.82) is 0 Å². The van der Waals surface area contributed by atoms with E-state index < -0.39 is 6.03 Å². The summed E-state index contributed by atoms with van der Waals surface area (Å²) in [6.45, 7) is 0.390. The van der Waals surface area contributed by atoms with Crippen LogP contribution in [0.5, 0.6) is 0 Å². The van der Waals surface area contributed by atoms with Crippen molar-refractivity contribution in [1.82, 2.24) is 5.32 Å². The number of nitrogens with two attached hydrogens (primary N) is 2. The van der Waals surface area contributed by atoms with Crippen molar-refractivity contribution in [2.45, 2.75) is 6.42 Å². The highest BCUT2D eigenvalue weighted by Gasteiger charge is 1.98. The van der Waals surface area contributed by atoms with E-state index in [4.69, 9.17) is 11.5 Å². The molecule has 0 aliphatic heterocycles. The van der Waals surface area contributed by atoms with Gasteiger partial charge in [0, 0.05) is 6.54 Å². The summed E-state index contributed by atoms with van der Waals surface area (Å²) in [5.74, 6) is -0.562. The second-order valence-electron chi connectivity index (χ2n) is 3.15. The molecule has 16 heavy (non-hydrogen) atoms. The predicted octanol–water partition coefficient (Wildman–Crippen LogP) is 0.351. The zero-order chi connectivity index (χ0) is 12.0. The molecule has 0 heterocycles. The molecule has 0 aliphatic carbocycles. The Morgan fingerprint density at radius 3 is 2.50 bits per heavy atom. The van der Waals surface area contributed by atoms with Gasteiger partial charge in [-0.2, -0.15) is 4.99 Å². The number of carbonyl (C=O) groups is 1. The molecule has 0 saturated heterocycles. The quantitative estimate of drug-likeness (QED) is 0.511. The number of rotatable bonds is 3. The number of guanidine groups is 1. The topological polar surface area (TPSA) is 93.5 Å². The number of amides is 2. The van der Waals surface area contributed by atoms with Crippen LogP contribution in [0.4, 0.5) is 9.18 Å². The maximum Gasteiger partial charge on any atom is 0.344 e. The average molecular weight is 224 g/mol. The van der Waals surface area contributed by atoms with E-state index in [2.05, 4.69) is 10.3 Å². The molecule has 0 radical (unpaired) electrons. The van der Waals surface area contributed by atoms with Crippen LogP contribution in [0, 0.1) is 5.82 Å². The molecule has 5 N–H and O–H groups in total. The molecular formula is C10H13FN4O. The van der Waals surface area contributed by atoms with E-state index in [0.717, 1.165) is 5.56 Å². The number of urea groups is 1. The zero-order valence-corrected chi connectivity index (χ0v) is 8.61. The Morgan fingerprint density at radius 2 is 1.94 bits per heavy atom. The fraction of sp³-hybridized carbons (Fsp3) is 0.200. The van der Waals surface area contributed by atoms with Crippen molar-refractivity contribution in [3.05, 3.63) is 35.6 Å². The van der Waals surface area contributed by atoms with Gasteiger partial charge in [0.2, 0.25) is 0 Å². The van der Waals surface area contributed by atoms with Crippen molar-refractivity contribution in [3.8, 4) is 0 Å². The Bertz CT molecular complexity index is 384. The van der Waals surface area contributed by atoms with Gasteiger partial charge in [-0.3, -0.25) is 0 Å². The Labute approximate surface area is 92.3 Å². The lowest BCUT2D eigenvalue weighted by Gasteiger charge is -2.02. The molecule has 0 spiro atoms. The second-order valence-corrected chi connectivity index (χ2v) is 3.15. The number of halogens is 1. The highest BCUT2D eigenvalue weighted by atomic mass is 19.1. The third-order valence-electron chi connectivity index (χ3n) is 1.83. The van der Waals surface area contributed by atoms with E-state index in [1.165, 1.54) is 12.1 Å². The monoisotopic (exact) mass is 224 g/mol. The lowest BCUT2D eigenvalue weighted by Crippen LogP contribution is -2.29. The molecule has 0 fully saturated rings. The van der Waals surface area contributed by atoms with Gasteiger partial charge in [0.1, 0.15) is 5.82 Å².